The molecule has 2 aromatic carbocycles. The number of amides is 1. The summed E-state index contributed by atoms with van der Waals surface area (Å²) in [6.07, 6.45) is 1.46. The van der Waals surface area contributed by atoms with Crippen LogP contribution < -0.4 is 9.62 Å². The Bertz CT molecular complexity index is 1160. The monoisotopic (exact) mass is 426 g/mol. The van der Waals surface area contributed by atoms with Gasteiger partial charge < -0.3 is 9.84 Å². The number of carbonyl (C=O) groups excluding carboxylic acids is 1. The molecule has 0 radical (unpaired) electrons. The molecular weight excluding hydrogens is 404 g/mol. The third-order valence-corrected chi connectivity index (χ3v) is 6.79. The zero-order valence-electron chi connectivity index (χ0n) is 16.5. The van der Waals surface area contributed by atoms with E-state index in [2.05, 4.69) is 15.5 Å². The Kier molecular flexibility index (Phi) is 5.54. The minimum atomic E-state index is -3.33. The highest BCUT2D eigenvalue weighted by Gasteiger charge is 2.26. The van der Waals surface area contributed by atoms with Gasteiger partial charge >= 0.3 is 0 Å². The van der Waals surface area contributed by atoms with Crippen molar-refractivity contribution in [1.82, 2.24) is 15.5 Å². The molecule has 4 rings (SSSR count). The summed E-state index contributed by atoms with van der Waals surface area (Å²) in [5, 5.41) is 6.68. The second kappa shape index (κ2) is 8.27. The molecule has 30 heavy (non-hydrogen) atoms. The van der Waals surface area contributed by atoms with E-state index in [1.807, 2.05) is 31.2 Å². The Morgan fingerprint density at radius 3 is 2.73 bits per heavy atom. The van der Waals surface area contributed by atoms with Gasteiger partial charge in [-0.25, -0.2) is 8.42 Å². The van der Waals surface area contributed by atoms with Crippen LogP contribution in [0.5, 0.6) is 0 Å². The van der Waals surface area contributed by atoms with Crippen molar-refractivity contribution >= 4 is 21.6 Å². The second-order valence-electron chi connectivity index (χ2n) is 7.21. The van der Waals surface area contributed by atoms with Crippen LogP contribution >= 0.6 is 0 Å². The maximum Gasteiger partial charge on any atom is 0.251 e. The van der Waals surface area contributed by atoms with Crippen molar-refractivity contribution < 1.29 is 17.7 Å². The van der Waals surface area contributed by atoms with Crippen molar-refractivity contribution in [1.29, 1.82) is 0 Å². The number of nitrogens with one attached hydrogen (secondary N) is 1. The highest BCUT2D eigenvalue weighted by Crippen LogP contribution is 2.24. The summed E-state index contributed by atoms with van der Waals surface area (Å²) >= 11 is 0. The first-order valence-electron chi connectivity index (χ1n) is 9.71. The van der Waals surface area contributed by atoms with Crippen LogP contribution in [-0.2, 0) is 16.6 Å². The molecule has 0 atom stereocenters. The topological polar surface area (TPSA) is 105 Å². The molecule has 8 nitrogen and oxygen atoms in total. The number of nitrogens with zero attached hydrogens (tertiary/aromatic N) is 3. The zero-order chi connectivity index (χ0) is 21.1. The van der Waals surface area contributed by atoms with E-state index in [0.717, 1.165) is 17.5 Å². The Balaban J connectivity index is 1.43. The molecule has 9 heteroatoms. The maximum absolute atomic E-state index is 12.6. The number of aryl methyl sites for hydroxylation is 1. The first-order chi connectivity index (χ1) is 14.4. The molecule has 1 fully saturated rings. The molecule has 0 aliphatic carbocycles. The SMILES string of the molecule is Cc1ccc(-c2noc(CNC(=O)c3cccc(N4CCCCS4(=O)=O)c3)n2)cc1. The van der Waals surface area contributed by atoms with Crippen molar-refractivity contribution in [2.45, 2.75) is 26.3 Å². The maximum atomic E-state index is 12.6. The van der Waals surface area contributed by atoms with E-state index in [1.54, 1.807) is 24.3 Å². The van der Waals surface area contributed by atoms with Crippen LogP contribution in [0.25, 0.3) is 11.4 Å². The van der Waals surface area contributed by atoms with Gasteiger partial charge in [0.2, 0.25) is 21.7 Å². The van der Waals surface area contributed by atoms with Crippen LogP contribution in [0.2, 0.25) is 0 Å². The van der Waals surface area contributed by atoms with Crippen molar-refractivity contribution in [3.8, 4) is 11.4 Å². The van der Waals surface area contributed by atoms with E-state index in [-0.39, 0.29) is 24.1 Å². The van der Waals surface area contributed by atoms with Crippen LogP contribution in [0.3, 0.4) is 0 Å². The van der Waals surface area contributed by atoms with E-state index in [0.29, 0.717) is 30.0 Å². The third-order valence-electron chi connectivity index (χ3n) is 4.92. The number of carbonyl (C=O) groups is 1. The molecule has 1 N–H and O–H groups in total. The lowest BCUT2D eigenvalue weighted by Gasteiger charge is -2.28. The fourth-order valence-corrected chi connectivity index (χ4v) is 4.92. The minimum Gasteiger partial charge on any atom is -0.343 e. The zero-order valence-corrected chi connectivity index (χ0v) is 17.4. The van der Waals surface area contributed by atoms with E-state index < -0.39 is 10.0 Å². The van der Waals surface area contributed by atoms with Crippen LogP contribution in [0.1, 0.15) is 34.7 Å². The fraction of sp³-hybridized carbons (Fsp3) is 0.286. The van der Waals surface area contributed by atoms with Gasteiger partial charge in [-0.15, -0.1) is 0 Å². The standard InChI is InChI=1S/C21H22N4O4S/c1-15-7-9-16(10-8-15)20-23-19(29-24-20)14-22-21(26)17-5-4-6-18(13-17)25-11-2-3-12-30(25,27)28/h4-10,13H,2-3,11-12,14H2,1H3,(H,22,26). The summed E-state index contributed by atoms with van der Waals surface area (Å²) in [6.45, 7) is 2.50. The third kappa shape index (κ3) is 4.35. The average molecular weight is 426 g/mol. The van der Waals surface area contributed by atoms with Crippen molar-refractivity contribution in [3.63, 3.8) is 0 Å². The van der Waals surface area contributed by atoms with Gasteiger partial charge in [-0.05, 0) is 38.0 Å². The summed E-state index contributed by atoms with van der Waals surface area (Å²) < 4.78 is 31.2. The summed E-state index contributed by atoms with van der Waals surface area (Å²) in [7, 11) is -3.33. The number of sulfonamides is 1. The van der Waals surface area contributed by atoms with Crippen LogP contribution in [-0.4, -0.2) is 36.8 Å². The van der Waals surface area contributed by atoms with E-state index >= 15 is 0 Å². The van der Waals surface area contributed by atoms with E-state index in [9.17, 15) is 13.2 Å². The average Bonchev–Trinajstić information content (AvgIpc) is 3.21. The van der Waals surface area contributed by atoms with Gasteiger partial charge in [0.25, 0.3) is 5.91 Å². The molecule has 0 unspecified atom stereocenters. The molecule has 156 valence electrons. The Hall–Kier alpha value is -3.20. The number of rotatable bonds is 5. The first-order valence-corrected chi connectivity index (χ1v) is 11.3. The molecular formula is C21H22N4O4S. The van der Waals surface area contributed by atoms with E-state index in [4.69, 9.17) is 4.52 Å². The molecule has 1 aromatic heterocycles. The largest absolute Gasteiger partial charge is 0.343 e. The molecule has 0 spiro atoms. The molecule has 1 aliphatic rings. The van der Waals surface area contributed by atoms with Gasteiger partial charge in [-0.1, -0.05) is 41.1 Å². The number of anilines is 1. The van der Waals surface area contributed by atoms with Gasteiger partial charge in [0.05, 0.1) is 18.0 Å². The van der Waals surface area contributed by atoms with Crippen LogP contribution in [0, 0.1) is 6.92 Å². The second-order valence-corrected chi connectivity index (χ2v) is 9.22. The lowest BCUT2D eigenvalue weighted by Crippen LogP contribution is -2.38. The number of hydrogen-bond donors (Lipinski definition) is 1. The van der Waals surface area contributed by atoms with Crippen molar-refractivity contribution in [3.05, 3.63) is 65.5 Å². The summed E-state index contributed by atoms with van der Waals surface area (Å²) in [5.41, 5.74) is 2.83. The van der Waals surface area contributed by atoms with Crippen LogP contribution in [0.15, 0.2) is 53.1 Å². The first kappa shape index (κ1) is 20.1. The van der Waals surface area contributed by atoms with Crippen molar-refractivity contribution in [2.24, 2.45) is 0 Å². The van der Waals surface area contributed by atoms with E-state index in [1.165, 1.54) is 4.31 Å². The highest BCUT2D eigenvalue weighted by atomic mass is 32.2. The summed E-state index contributed by atoms with van der Waals surface area (Å²) in [5.74, 6) is 0.524. The predicted octanol–water partition coefficient (Wildman–Crippen LogP) is 2.91. The quantitative estimate of drug-likeness (QED) is 0.673. The van der Waals surface area contributed by atoms with Gasteiger partial charge in [-0.3, -0.25) is 9.10 Å². The lowest BCUT2D eigenvalue weighted by atomic mass is 10.1. The Morgan fingerprint density at radius 1 is 1.17 bits per heavy atom. The predicted molar refractivity (Wildman–Crippen MR) is 112 cm³/mol. The van der Waals surface area contributed by atoms with Gasteiger partial charge in [0.1, 0.15) is 0 Å². The smallest absolute Gasteiger partial charge is 0.251 e. The molecule has 0 bridgehead atoms. The Morgan fingerprint density at radius 2 is 1.97 bits per heavy atom. The minimum absolute atomic E-state index is 0.0733. The fourth-order valence-electron chi connectivity index (χ4n) is 3.29. The van der Waals surface area contributed by atoms with Gasteiger partial charge in [0.15, 0.2) is 0 Å². The van der Waals surface area contributed by atoms with Crippen molar-refractivity contribution in [2.75, 3.05) is 16.6 Å². The molecule has 1 aliphatic heterocycles. The van der Waals surface area contributed by atoms with Gasteiger partial charge in [-0.2, -0.15) is 4.98 Å². The molecule has 0 saturated carbocycles. The molecule has 3 aromatic rings. The molecule has 1 saturated heterocycles. The number of aromatic nitrogens is 2. The Labute approximate surface area is 175 Å². The normalized spacial score (nSPS) is 15.7. The number of benzene rings is 2. The molecule has 1 amide bonds. The molecule has 2 heterocycles. The lowest BCUT2D eigenvalue weighted by molar-refractivity contribution is 0.0946. The van der Waals surface area contributed by atoms with Crippen LogP contribution in [0.4, 0.5) is 5.69 Å². The summed E-state index contributed by atoms with van der Waals surface area (Å²) in [4.78, 5) is 16.9. The van der Waals surface area contributed by atoms with Gasteiger partial charge in [0, 0.05) is 17.7 Å². The summed E-state index contributed by atoms with van der Waals surface area (Å²) in [6, 6.07) is 14.3. The number of hydrogen-bond acceptors (Lipinski definition) is 6. The highest BCUT2D eigenvalue weighted by molar-refractivity contribution is 7.92.